The standard InChI is InChI=1S/C16H19NO3/c1-11-6-4-5-7-14(11)12(2)17-10-13-8-9-20-15(13)16(18)19-3/h4-9,12,17H,10H2,1-3H3/t12-/m1/s1. The van der Waals surface area contributed by atoms with E-state index in [1.165, 1.54) is 24.5 Å². The number of furan rings is 1. The molecule has 0 saturated heterocycles. The summed E-state index contributed by atoms with van der Waals surface area (Å²) < 4.78 is 9.85. The summed E-state index contributed by atoms with van der Waals surface area (Å²) in [5.74, 6) is -0.188. The van der Waals surface area contributed by atoms with E-state index in [1.54, 1.807) is 6.07 Å². The highest BCUT2D eigenvalue weighted by molar-refractivity contribution is 5.87. The highest BCUT2D eigenvalue weighted by Crippen LogP contribution is 2.18. The van der Waals surface area contributed by atoms with Gasteiger partial charge >= 0.3 is 5.97 Å². The normalized spacial score (nSPS) is 12.2. The number of carbonyl (C=O) groups is 1. The smallest absolute Gasteiger partial charge is 0.374 e. The second-order valence-corrected chi connectivity index (χ2v) is 4.73. The van der Waals surface area contributed by atoms with Crippen molar-refractivity contribution in [3.05, 3.63) is 59.0 Å². The Bertz CT molecular complexity index is 589. The number of methoxy groups -OCH3 is 1. The predicted molar refractivity (Wildman–Crippen MR) is 76.5 cm³/mol. The zero-order chi connectivity index (χ0) is 14.5. The molecule has 0 unspecified atom stereocenters. The van der Waals surface area contributed by atoms with Gasteiger partial charge in [-0.2, -0.15) is 0 Å². The summed E-state index contributed by atoms with van der Waals surface area (Å²) >= 11 is 0. The van der Waals surface area contributed by atoms with E-state index in [-0.39, 0.29) is 11.8 Å². The van der Waals surface area contributed by atoms with Crippen LogP contribution in [0.5, 0.6) is 0 Å². The van der Waals surface area contributed by atoms with Gasteiger partial charge in [0.2, 0.25) is 5.76 Å². The summed E-state index contributed by atoms with van der Waals surface area (Å²) in [6, 6.07) is 10.2. The zero-order valence-electron chi connectivity index (χ0n) is 12.0. The van der Waals surface area contributed by atoms with E-state index >= 15 is 0 Å². The van der Waals surface area contributed by atoms with Gasteiger partial charge in [0.05, 0.1) is 13.4 Å². The summed E-state index contributed by atoms with van der Waals surface area (Å²) in [4.78, 5) is 11.5. The van der Waals surface area contributed by atoms with E-state index < -0.39 is 5.97 Å². The van der Waals surface area contributed by atoms with Crippen LogP contribution in [0.3, 0.4) is 0 Å². The molecule has 0 aliphatic carbocycles. The summed E-state index contributed by atoms with van der Waals surface area (Å²) in [7, 11) is 1.35. The first-order valence-electron chi connectivity index (χ1n) is 6.57. The third-order valence-electron chi connectivity index (χ3n) is 3.37. The second kappa shape index (κ2) is 6.39. The molecule has 0 amide bonds. The fraction of sp³-hybridized carbons (Fsp3) is 0.312. The molecule has 2 aromatic rings. The van der Waals surface area contributed by atoms with E-state index in [4.69, 9.17) is 4.42 Å². The molecule has 1 aromatic heterocycles. The molecule has 0 aliphatic rings. The van der Waals surface area contributed by atoms with Crippen LogP contribution >= 0.6 is 0 Å². The third kappa shape index (κ3) is 3.08. The lowest BCUT2D eigenvalue weighted by molar-refractivity contribution is 0.0563. The van der Waals surface area contributed by atoms with E-state index in [2.05, 4.69) is 36.0 Å². The van der Waals surface area contributed by atoms with Gasteiger partial charge in [-0.25, -0.2) is 4.79 Å². The van der Waals surface area contributed by atoms with Crippen LogP contribution in [0, 0.1) is 6.92 Å². The molecule has 0 fully saturated rings. The van der Waals surface area contributed by atoms with Gasteiger partial charge in [0.15, 0.2) is 0 Å². The molecule has 106 valence electrons. The molecule has 1 atom stereocenters. The van der Waals surface area contributed by atoms with Crippen molar-refractivity contribution < 1.29 is 13.9 Å². The van der Waals surface area contributed by atoms with Crippen LogP contribution in [0.2, 0.25) is 0 Å². The van der Waals surface area contributed by atoms with Crippen LogP contribution < -0.4 is 5.32 Å². The van der Waals surface area contributed by atoms with Crippen LogP contribution in [0.25, 0.3) is 0 Å². The molecule has 0 aliphatic heterocycles. The van der Waals surface area contributed by atoms with Crippen molar-refractivity contribution in [3.63, 3.8) is 0 Å². The molecule has 0 spiro atoms. The summed E-state index contributed by atoms with van der Waals surface area (Å²) in [6.45, 7) is 4.74. The summed E-state index contributed by atoms with van der Waals surface area (Å²) in [5.41, 5.74) is 3.29. The summed E-state index contributed by atoms with van der Waals surface area (Å²) in [5, 5.41) is 3.39. The number of hydrogen-bond donors (Lipinski definition) is 1. The van der Waals surface area contributed by atoms with E-state index in [0.29, 0.717) is 6.54 Å². The van der Waals surface area contributed by atoms with Gasteiger partial charge in [-0.15, -0.1) is 0 Å². The lowest BCUT2D eigenvalue weighted by Crippen LogP contribution is -2.20. The number of rotatable bonds is 5. The molecule has 1 heterocycles. The Balaban J connectivity index is 2.04. The number of hydrogen-bond acceptors (Lipinski definition) is 4. The van der Waals surface area contributed by atoms with Crippen molar-refractivity contribution in [2.75, 3.05) is 7.11 Å². The molecule has 0 radical (unpaired) electrons. The van der Waals surface area contributed by atoms with Crippen LogP contribution in [0.4, 0.5) is 0 Å². The Kier molecular flexibility index (Phi) is 4.58. The molecular formula is C16H19NO3. The van der Waals surface area contributed by atoms with Crippen molar-refractivity contribution >= 4 is 5.97 Å². The number of carbonyl (C=O) groups excluding carboxylic acids is 1. The molecule has 0 bridgehead atoms. The Morgan fingerprint density at radius 3 is 2.80 bits per heavy atom. The van der Waals surface area contributed by atoms with Gasteiger partial charge in [0.25, 0.3) is 0 Å². The van der Waals surface area contributed by atoms with Gasteiger partial charge < -0.3 is 14.5 Å². The average molecular weight is 273 g/mol. The number of nitrogens with one attached hydrogen (secondary N) is 1. The zero-order valence-corrected chi connectivity index (χ0v) is 12.0. The van der Waals surface area contributed by atoms with Crippen molar-refractivity contribution in [2.45, 2.75) is 26.4 Å². The molecule has 4 nitrogen and oxygen atoms in total. The second-order valence-electron chi connectivity index (χ2n) is 4.73. The number of esters is 1. The average Bonchev–Trinajstić information content (AvgIpc) is 2.93. The monoisotopic (exact) mass is 273 g/mol. The predicted octanol–water partition coefficient (Wildman–Crippen LogP) is 3.23. The van der Waals surface area contributed by atoms with Gasteiger partial charge in [-0.05, 0) is 31.0 Å². The molecule has 1 aromatic carbocycles. The Morgan fingerprint density at radius 2 is 2.10 bits per heavy atom. The fourth-order valence-corrected chi connectivity index (χ4v) is 2.19. The fourth-order valence-electron chi connectivity index (χ4n) is 2.19. The Hall–Kier alpha value is -2.07. The Labute approximate surface area is 118 Å². The molecular weight excluding hydrogens is 254 g/mol. The minimum Gasteiger partial charge on any atom is -0.463 e. The first-order valence-corrected chi connectivity index (χ1v) is 6.57. The topological polar surface area (TPSA) is 51.5 Å². The van der Waals surface area contributed by atoms with Gasteiger partial charge in [-0.3, -0.25) is 0 Å². The maximum Gasteiger partial charge on any atom is 0.374 e. The van der Waals surface area contributed by atoms with Crippen LogP contribution in [0.1, 0.15) is 40.2 Å². The van der Waals surface area contributed by atoms with Crippen LogP contribution in [0.15, 0.2) is 41.0 Å². The van der Waals surface area contributed by atoms with E-state index in [9.17, 15) is 4.79 Å². The maximum absolute atomic E-state index is 11.5. The van der Waals surface area contributed by atoms with E-state index in [1.807, 2.05) is 12.1 Å². The summed E-state index contributed by atoms with van der Waals surface area (Å²) in [6.07, 6.45) is 1.50. The lowest BCUT2D eigenvalue weighted by atomic mass is 10.0. The lowest BCUT2D eigenvalue weighted by Gasteiger charge is -2.16. The first-order chi connectivity index (χ1) is 9.63. The maximum atomic E-state index is 11.5. The van der Waals surface area contributed by atoms with Crippen LogP contribution in [-0.4, -0.2) is 13.1 Å². The molecule has 2 rings (SSSR count). The van der Waals surface area contributed by atoms with E-state index in [0.717, 1.165) is 5.56 Å². The molecule has 1 N–H and O–H groups in total. The van der Waals surface area contributed by atoms with Crippen molar-refractivity contribution in [1.29, 1.82) is 0 Å². The van der Waals surface area contributed by atoms with Crippen LogP contribution in [-0.2, 0) is 11.3 Å². The van der Waals surface area contributed by atoms with Crippen molar-refractivity contribution in [2.24, 2.45) is 0 Å². The highest BCUT2D eigenvalue weighted by Gasteiger charge is 2.16. The molecule has 20 heavy (non-hydrogen) atoms. The van der Waals surface area contributed by atoms with Crippen molar-refractivity contribution in [1.82, 2.24) is 5.32 Å². The number of ether oxygens (including phenoxy) is 1. The quantitative estimate of drug-likeness (QED) is 0.850. The molecule has 4 heteroatoms. The Morgan fingerprint density at radius 1 is 1.35 bits per heavy atom. The SMILES string of the molecule is COC(=O)c1occc1CN[C@H](C)c1ccccc1C. The minimum absolute atomic E-state index is 0.191. The van der Waals surface area contributed by atoms with Gasteiger partial charge in [-0.1, -0.05) is 24.3 Å². The highest BCUT2D eigenvalue weighted by atomic mass is 16.5. The van der Waals surface area contributed by atoms with Gasteiger partial charge in [0, 0.05) is 18.2 Å². The largest absolute Gasteiger partial charge is 0.463 e. The number of benzene rings is 1. The van der Waals surface area contributed by atoms with Crippen molar-refractivity contribution in [3.8, 4) is 0 Å². The minimum atomic E-state index is -0.449. The number of aryl methyl sites for hydroxylation is 1. The first kappa shape index (κ1) is 14.3. The molecule has 0 saturated carbocycles. The third-order valence-corrected chi connectivity index (χ3v) is 3.37. The van der Waals surface area contributed by atoms with Gasteiger partial charge in [0.1, 0.15) is 0 Å².